The van der Waals surface area contributed by atoms with Crippen molar-refractivity contribution in [1.29, 1.82) is 0 Å². The second kappa shape index (κ2) is 6.86. The summed E-state index contributed by atoms with van der Waals surface area (Å²) in [5.41, 5.74) is -0.123. The van der Waals surface area contributed by atoms with E-state index in [-0.39, 0.29) is 21.8 Å². The van der Waals surface area contributed by atoms with Crippen molar-refractivity contribution in [2.24, 2.45) is 27.6 Å². The Kier molecular flexibility index (Phi) is 5.93. The van der Waals surface area contributed by atoms with Gasteiger partial charge in [-0.15, -0.1) is 0 Å². The second-order valence-corrected chi connectivity index (χ2v) is 11.1. The molecule has 0 spiro atoms. The van der Waals surface area contributed by atoms with E-state index in [1.54, 1.807) is 6.08 Å². The first-order valence-corrected chi connectivity index (χ1v) is 9.30. The fraction of sp³-hybridized carbons (Fsp3) is 0.727. The zero-order valence-electron chi connectivity index (χ0n) is 17.9. The highest BCUT2D eigenvalue weighted by molar-refractivity contribution is 5.96. The van der Waals surface area contributed by atoms with E-state index < -0.39 is 23.3 Å². The summed E-state index contributed by atoms with van der Waals surface area (Å²) in [7, 11) is 0. The van der Waals surface area contributed by atoms with Crippen LogP contribution >= 0.6 is 0 Å². The molecule has 2 unspecified atom stereocenters. The number of carboxylic acids is 2. The van der Waals surface area contributed by atoms with Gasteiger partial charge >= 0.3 is 11.9 Å². The summed E-state index contributed by atoms with van der Waals surface area (Å²) in [4.78, 5) is 24.0. The maximum absolute atomic E-state index is 12.2. The summed E-state index contributed by atoms with van der Waals surface area (Å²) in [6.45, 7) is 19.0. The van der Waals surface area contributed by atoms with Gasteiger partial charge in [-0.25, -0.2) is 4.79 Å². The molecule has 1 aliphatic carbocycles. The van der Waals surface area contributed by atoms with E-state index in [0.717, 1.165) is 12.0 Å². The lowest BCUT2D eigenvalue weighted by molar-refractivity contribution is -0.142. The standard InChI is InChI=1S/C22H36O4/c1-19(2,3)12-15-16(18(25)26)14(17(23)24)10-11-22(15,21(7,8)9)13-20(4,5)6/h10-11,14H,12-13H2,1-9H3,(H,23,24)(H,25,26). The van der Waals surface area contributed by atoms with Crippen LogP contribution in [0.25, 0.3) is 0 Å². The van der Waals surface area contributed by atoms with Gasteiger partial charge < -0.3 is 10.2 Å². The maximum Gasteiger partial charge on any atom is 0.332 e. The quantitative estimate of drug-likeness (QED) is 0.642. The zero-order valence-corrected chi connectivity index (χ0v) is 17.9. The van der Waals surface area contributed by atoms with Gasteiger partial charge in [-0.05, 0) is 34.7 Å². The predicted molar refractivity (Wildman–Crippen MR) is 105 cm³/mol. The Bertz CT molecular complexity index is 633. The number of allylic oxidation sites excluding steroid dienone is 2. The van der Waals surface area contributed by atoms with Gasteiger partial charge in [-0.2, -0.15) is 0 Å². The summed E-state index contributed by atoms with van der Waals surface area (Å²) in [5.74, 6) is -3.33. The molecule has 0 amide bonds. The minimum Gasteiger partial charge on any atom is -0.481 e. The molecule has 2 N–H and O–H groups in total. The molecule has 0 heterocycles. The molecule has 4 heteroatoms. The Labute approximate surface area is 158 Å². The van der Waals surface area contributed by atoms with E-state index in [4.69, 9.17) is 0 Å². The van der Waals surface area contributed by atoms with Crippen LogP contribution in [-0.4, -0.2) is 22.2 Å². The third-order valence-corrected chi connectivity index (χ3v) is 5.10. The molecular formula is C22H36O4. The number of hydrogen-bond donors (Lipinski definition) is 2. The number of hydrogen-bond acceptors (Lipinski definition) is 2. The molecule has 4 nitrogen and oxygen atoms in total. The molecule has 2 atom stereocenters. The van der Waals surface area contributed by atoms with Crippen LogP contribution in [0.3, 0.4) is 0 Å². The van der Waals surface area contributed by atoms with Crippen molar-refractivity contribution in [2.75, 3.05) is 0 Å². The van der Waals surface area contributed by atoms with Gasteiger partial charge in [0.25, 0.3) is 0 Å². The van der Waals surface area contributed by atoms with Crippen LogP contribution < -0.4 is 0 Å². The first-order chi connectivity index (χ1) is 11.4. The summed E-state index contributed by atoms with van der Waals surface area (Å²) in [6.07, 6.45) is 4.89. The second-order valence-electron chi connectivity index (χ2n) is 11.1. The molecule has 0 aromatic heterocycles. The molecule has 0 saturated heterocycles. The molecule has 148 valence electrons. The summed E-state index contributed by atoms with van der Waals surface area (Å²) < 4.78 is 0. The van der Waals surface area contributed by atoms with Crippen molar-refractivity contribution < 1.29 is 19.8 Å². The van der Waals surface area contributed by atoms with Crippen molar-refractivity contribution in [3.8, 4) is 0 Å². The first-order valence-electron chi connectivity index (χ1n) is 9.30. The van der Waals surface area contributed by atoms with Gasteiger partial charge in [0.1, 0.15) is 5.92 Å². The monoisotopic (exact) mass is 364 g/mol. The fourth-order valence-corrected chi connectivity index (χ4v) is 4.11. The highest BCUT2D eigenvalue weighted by Crippen LogP contribution is 2.58. The van der Waals surface area contributed by atoms with Crippen molar-refractivity contribution in [1.82, 2.24) is 0 Å². The van der Waals surface area contributed by atoms with Crippen LogP contribution in [0, 0.1) is 27.6 Å². The van der Waals surface area contributed by atoms with E-state index >= 15 is 0 Å². The van der Waals surface area contributed by atoms with Gasteiger partial charge in [0.15, 0.2) is 0 Å². The van der Waals surface area contributed by atoms with E-state index in [1.165, 1.54) is 0 Å². The molecule has 0 radical (unpaired) electrons. The number of carbonyl (C=O) groups is 2. The Morgan fingerprint density at radius 2 is 1.46 bits per heavy atom. The van der Waals surface area contributed by atoms with Crippen LogP contribution in [0.1, 0.15) is 75.2 Å². The van der Waals surface area contributed by atoms with Crippen LogP contribution in [0.4, 0.5) is 0 Å². The summed E-state index contributed by atoms with van der Waals surface area (Å²) in [6, 6.07) is 0. The predicted octanol–water partition coefficient (Wildman–Crippen LogP) is 5.54. The Balaban J connectivity index is 3.89. The summed E-state index contributed by atoms with van der Waals surface area (Å²) in [5, 5.41) is 19.6. The van der Waals surface area contributed by atoms with Crippen molar-refractivity contribution >= 4 is 11.9 Å². The molecule has 0 aromatic carbocycles. The SMILES string of the molecule is CC(C)(C)CC1=C(C(=O)O)C(C(=O)O)C=CC1(CC(C)(C)C)C(C)(C)C. The minimum atomic E-state index is -1.12. The highest BCUT2D eigenvalue weighted by Gasteiger charge is 2.51. The molecule has 0 aliphatic heterocycles. The first kappa shape index (κ1) is 22.5. The lowest BCUT2D eigenvalue weighted by Gasteiger charge is -2.52. The zero-order chi connectivity index (χ0) is 20.7. The molecule has 0 bridgehead atoms. The minimum absolute atomic E-state index is 0.0412. The van der Waals surface area contributed by atoms with Crippen molar-refractivity contribution in [3.63, 3.8) is 0 Å². The average molecular weight is 365 g/mol. The molecule has 1 aliphatic rings. The molecule has 1 rings (SSSR count). The smallest absolute Gasteiger partial charge is 0.332 e. The molecule has 0 fully saturated rings. The third-order valence-electron chi connectivity index (χ3n) is 5.10. The van der Waals surface area contributed by atoms with Gasteiger partial charge in [0.05, 0.1) is 5.57 Å². The van der Waals surface area contributed by atoms with E-state index in [1.807, 2.05) is 6.08 Å². The lowest BCUT2D eigenvalue weighted by atomic mass is 9.52. The largest absolute Gasteiger partial charge is 0.481 e. The van der Waals surface area contributed by atoms with Gasteiger partial charge in [-0.3, -0.25) is 4.79 Å². The van der Waals surface area contributed by atoms with Crippen molar-refractivity contribution in [3.05, 3.63) is 23.3 Å². The highest BCUT2D eigenvalue weighted by atomic mass is 16.4. The molecule has 26 heavy (non-hydrogen) atoms. The van der Waals surface area contributed by atoms with Gasteiger partial charge in [-0.1, -0.05) is 74.5 Å². The van der Waals surface area contributed by atoms with Crippen LogP contribution in [0.5, 0.6) is 0 Å². The van der Waals surface area contributed by atoms with Crippen molar-refractivity contribution in [2.45, 2.75) is 75.2 Å². The lowest BCUT2D eigenvalue weighted by Crippen LogP contribution is -2.44. The van der Waals surface area contributed by atoms with Gasteiger partial charge in [0.2, 0.25) is 0 Å². The van der Waals surface area contributed by atoms with Crippen LogP contribution in [0.15, 0.2) is 23.3 Å². The average Bonchev–Trinajstić information content (AvgIpc) is 2.34. The Morgan fingerprint density at radius 3 is 1.77 bits per heavy atom. The molecular weight excluding hydrogens is 328 g/mol. The van der Waals surface area contributed by atoms with Crippen LogP contribution in [0.2, 0.25) is 0 Å². The van der Waals surface area contributed by atoms with E-state index in [0.29, 0.717) is 6.42 Å². The molecule has 0 aromatic rings. The normalized spacial score (nSPS) is 24.7. The third kappa shape index (κ3) is 4.77. The number of rotatable bonds is 4. The Hall–Kier alpha value is -1.58. The molecule has 0 saturated carbocycles. The number of aliphatic carboxylic acids is 2. The van der Waals surface area contributed by atoms with E-state index in [2.05, 4.69) is 62.3 Å². The van der Waals surface area contributed by atoms with E-state index in [9.17, 15) is 19.8 Å². The Morgan fingerprint density at radius 1 is 0.962 bits per heavy atom. The topological polar surface area (TPSA) is 74.6 Å². The maximum atomic E-state index is 12.2. The number of carboxylic acid groups (broad SMARTS) is 2. The summed E-state index contributed by atoms with van der Waals surface area (Å²) >= 11 is 0. The fourth-order valence-electron chi connectivity index (χ4n) is 4.11. The van der Waals surface area contributed by atoms with Crippen LogP contribution in [-0.2, 0) is 9.59 Å². The van der Waals surface area contributed by atoms with Gasteiger partial charge in [0, 0.05) is 5.41 Å².